The van der Waals surface area contributed by atoms with Gasteiger partial charge in [0.05, 0.1) is 6.61 Å². The van der Waals surface area contributed by atoms with E-state index in [2.05, 4.69) is 0 Å². The normalized spacial score (nSPS) is 27.3. The topological polar surface area (TPSA) is 35.5 Å². The van der Waals surface area contributed by atoms with Crippen molar-refractivity contribution in [2.24, 2.45) is 11.8 Å². The van der Waals surface area contributed by atoms with Gasteiger partial charge in [-0.15, -0.1) is 0 Å². The van der Waals surface area contributed by atoms with Crippen LogP contribution in [0.3, 0.4) is 0 Å². The molecule has 1 aliphatic carbocycles. The first kappa shape index (κ1) is 11.5. The Balaban J connectivity index is 2.12. The fourth-order valence-electron chi connectivity index (χ4n) is 2.04. The van der Waals surface area contributed by atoms with Gasteiger partial charge in [0.2, 0.25) is 0 Å². The molecule has 1 aliphatic rings. The van der Waals surface area contributed by atoms with Gasteiger partial charge in [-0.1, -0.05) is 0 Å². The summed E-state index contributed by atoms with van der Waals surface area (Å²) in [4.78, 5) is 10.6. The van der Waals surface area contributed by atoms with Crippen molar-refractivity contribution in [1.82, 2.24) is 0 Å². The zero-order chi connectivity index (χ0) is 10.4. The summed E-state index contributed by atoms with van der Waals surface area (Å²) in [5.41, 5.74) is 0. The van der Waals surface area contributed by atoms with Crippen LogP contribution in [0.2, 0.25) is 0 Å². The number of ether oxygens (including phenoxy) is 2. The van der Waals surface area contributed by atoms with Gasteiger partial charge in [-0.2, -0.15) is 0 Å². The number of methoxy groups -OCH3 is 1. The van der Waals surface area contributed by atoms with Crippen molar-refractivity contribution >= 4 is 5.97 Å². The van der Waals surface area contributed by atoms with Crippen molar-refractivity contribution in [2.75, 3.05) is 20.3 Å². The van der Waals surface area contributed by atoms with Crippen LogP contribution in [0.1, 0.15) is 32.6 Å². The molecular weight excluding hydrogens is 180 g/mol. The summed E-state index contributed by atoms with van der Waals surface area (Å²) in [7, 11) is 1.75. The van der Waals surface area contributed by atoms with E-state index in [1.807, 2.05) is 0 Å². The zero-order valence-corrected chi connectivity index (χ0v) is 9.12. The van der Waals surface area contributed by atoms with Crippen molar-refractivity contribution in [3.63, 3.8) is 0 Å². The van der Waals surface area contributed by atoms with Gasteiger partial charge in [0.15, 0.2) is 0 Å². The highest BCUT2D eigenvalue weighted by molar-refractivity contribution is 5.65. The van der Waals surface area contributed by atoms with Crippen LogP contribution in [0, 0.1) is 11.8 Å². The van der Waals surface area contributed by atoms with E-state index in [1.165, 1.54) is 32.6 Å². The summed E-state index contributed by atoms with van der Waals surface area (Å²) in [6.45, 7) is 2.95. The molecular formula is C11H20O3. The van der Waals surface area contributed by atoms with Crippen LogP contribution in [-0.4, -0.2) is 26.3 Å². The third-order valence-corrected chi connectivity index (χ3v) is 2.89. The van der Waals surface area contributed by atoms with Crippen molar-refractivity contribution in [2.45, 2.75) is 32.6 Å². The highest BCUT2D eigenvalue weighted by atomic mass is 16.5. The molecule has 0 bridgehead atoms. The van der Waals surface area contributed by atoms with Crippen LogP contribution >= 0.6 is 0 Å². The van der Waals surface area contributed by atoms with Crippen molar-refractivity contribution < 1.29 is 14.3 Å². The molecule has 3 heteroatoms. The molecule has 0 aromatic heterocycles. The Morgan fingerprint density at radius 2 is 1.64 bits per heavy atom. The average Bonchev–Trinajstić information content (AvgIpc) is 2.17. The van der Waals surface area contributed by atoms with Gasteiger partial charge < -0.3 is 9.47 Å². The number of esters is 1. The molecule has 3 nitrogen and oxygen atoms in total. The van der Waals surface area contributed by atoms with E-state index < -0.39 is 0 Å². The van der Waals surface area contributed by atoms with E-state index >= 15 is 0 Å². The SMILES string of the molecule is COCC1CCC(COC(C)=O)CC1. The van der Waals surface area contributed by atoms with Crippen LogP contribution in [-0.2, 0) is 14.3 Å². The fourth-order valence-corrected chi connectivity index (χ4v) is 2.04. The Hall–Kier alpha value is -0.570. The second-order valence-corrected chi connectivity index (χ2v) is 4.14. The van der Waals surface area contributed by atoms with Crippen molar-refractivity contribution in [3.05, 3.63) is 0 Å². The minimum absolute atomic E-state index is 0.163. The quantitative estimate of drug-likeness (QED) is 0.651. The summed E-state index contributed by atoms with van der Waals surface area (Å²) >= 11 is 0. The number of carbonyl (C=O) groups excluding carboxylic acids is 1. The largest absolute Gasteiger partial charge is 0.466 e. The first-order valence-electron chi connectivity index (χ1n) is 5.34. The Morgan fingerprint density at radius 3 is 2.07 bits per heavy atom. The van der Waals surface area contributed by atoms with Crippen molar-refractivity contribution in [1.29, 1.82) is 0 Å². The number of carbonyl (C=O) groups is 1. The van der Waals surface area contributed by atoms with Crippen LogP contribution in [0.5, 0.6) is 0 Å². The Morgan fingerprint density at radius 1 is 1.14 bits per heavy atom. The maximum Gasteiger partial charge on any atom is 0.302 e. The number of hydrogen-bond acceptors (Lipinski definition) is 3. The van der Waals surface area contributed by atoms with E-state index in [0.29, 0.717) is 18.4 Å². The lowest BCUT2D eigenvalue weighted by molar-refractivity contribution is -0.142. The maximum atomic E-state index is 10.6. The maximum absolute atomic E-state index is 10.6. The second kappa shape index (κ2) is 6.02. The zero-order valence-electron chi connectivity index (χ0n) is 9.12. The molecule has 82 valence electrons. The molecule has 1 rings (SSSR count). The van der Waals surface area contributed by atoms with Gasteiger partial charge in [0.1, 0.15) is 0 Å². The second-order valence-electron chi connectivity index (χ2n) is 4.14. The molecule has 0 aromatic rings. The summed E-state index contributed by atoms with van der Waals surface area (Å²) in [5, 5.41) is 0. The lowest BCUT2D eigenvalue weighted by atomic mass is 9.83. The highest BCUT2D eigenvalue weighted by Gasteiger charge is 2.21. The first-order valence-corrected chi connectivity index (χ1v) is 5.34. The summed E-state index contributed by atoms with van der Waals surface area (Å²) in [5.74, 6) is 1.13. The summed E-state index contributed by atoms with van der Waals surface area (Å²) < 4.78 is 10.1. The minimum atomic E-state index is -0.163. The molecule has 1 fully saturated rings. The van der Waals surface area contributed by atoms with E-state index in [9.17, 15) is 4.79 Å². The van der Waals surface area contributed by atoms with Gasteiger partial charge in [0.25, 0.3) is 0 Å². The number of hydrogen-bond donors (Lipinski definition) is 0. The molecule has 0 N–H and O–H groups in total. The molecule has 0 radical (unpaired) electrons. The van der Waals surface area contributed by atoms with E-state index in [-0.39, 0.29) is 5.97 Å². The molecule has 0 saturated heterocycles. The van der Waals surface area contributed by atoms with Crippen LogP contribution < -0.4 is 0 Å². The third kappa shape index (κ3) is 4.09. The van der Waals surface area contributed by atoms with E-state index in [0.717, 1.165) is 6.61 Å². The van der Waals surface area contributed by atoms with E-state index in [4.69, 9.17) is 9.47 Å². The molecule has 0 amide bonds. The monoisotopic (exact) mass is 200 g/mol. The summed E-state index contributed by atoms with van der Waals surface area (Å²) in [6, 6.07) is 0. The van der Waals surface area contributed by atoms with Crippen molar-refractivity contribution in [3.8, 4) is 0 Å². The van der Waals surface area contributed by atoms with E-state index in [1.54, 1.807) is 7.11 Å². The molecule has 14 heavy (non-hydrogen) atoms. The molecule has 0 unspecified atom stereocenters. The third-order valence-electron chi connectivity index (χ3n) is 2.89. The van der Waals surface area contributed by atoms with Crippen LogP contribution in [0.25, 0.3) is 0 Å². The molecule has 0 aliphatic heterocycles. The predicted molar refractivity (Wildman–Crippen MR) is 54.0 cm³/mol. The Labute approximate surface area is 85.8 Å². The van der Waals surface area contributed by atoms with Gasteiger partial charge >= 0.3 is 5.97 Å². The van der Waals surface area contributed by atoms with Gasteiger partial charge in [-0.05, 0) is 37.5 Å². The van der Waals surface area contributed by atoms with Gasteiger partial charge in [-0.25, -0.2) is 0 Å². The van der Waals surface area contributed by atoms with Gasteiger partial charge in [0, 0.05) is 20.6 Å². The summed E-state index contributed by atoms with van der Waals surface area (Å²) in [6.07, 6.45) is 4.75. The molecule has 0 atom stereocenters. The molecule has 0 spiro atoms. The number of rotatable bonds is 4. The van der Waals surface area contributed by atoms with Gasteiger partial charge in [-0.3, -0.25) is 4.79 Å². The Bertz CT molecular complexity index is 171. The minimum Gasteiger partial charge on any atom is -0.466 e. The lowest BCUT2D eigenvalue weighted by Gasteiger charge is -2.27. The average molecular weight is 200 g/mol. The Kier molecular flexibility index (Phi) is 4.94. The fraction of sp³-hybridized carbons (Fsp3) is 0.909. The molecule has 0 aromatic carbocycles. The predicted octanol–water partition coefficient (Wildman–Crippen LogP) is 2.00. The molecule has 1 saturated carbocycles. The van der Waals surface area contributed by atoms with Crippen LogP contribution in [0.4, 0.5) is 0 Å². The lowest BCUT2D eigenvalue weighted by Crippen LogP contribution is -2.22. The highest BCUT2D eigenvalue weighted by Crippen LogP contribution is 2.28. The molecule has 0 heterocycles. The first-order chi connectivity index (χ1) is 6.72. The smallest absolute Gasteiger partial charge is 0.302 e. The van der Waals surface area contributed by atoms with Crippen LogP contribution in [0.15, 0.2) is 0 Å². The standard InChI is InChI=1S/C11H20O3/c1-9(12)14-8-11-5-3-10(4-6-11)7-13-2/h10-11H,3-8H2,1-2H3.